The monoisotopic (exact) mass is 370 g/mol. The van der Waals surface area contributed by atoms with E-state index in [2.05, 4.69) is 36.7 Å². The highest BCUT2D eigenvalue weighted by Gasteiger charge is 2.28. The average Bonchev–Trinajstić information content (AvgIpc) is 3.39. The van der Waals surface area contributed by atoms with Crippen LogP contribution < -0.4 is 10.6 Å². The number of aromatic nitrogens is 3. The Balaban J connectivity index is 1.28. The van der Waals surface area contributed by atoms with Gasteiger partial charge in [0.15, 0.2) is 0 Å². The maximum absolute atomic E-state index is 5.60. The summed E-state index contributed by atoms with van der Waals surface area (Å²) in [7, 11) is 0. The lowest BCUT2D eigenvalue weighted by Gasteiger charge is -2.39. The van der Waals surface area contributed by atoms with Crippen LogP contribution in [0.3, 0.4) is 0 Å². The fourth-order valence-corrected chi connectivity index (χ4v) is 5.02. The van der Waals surface area contributed by atoms with Crippen LogP contribution in [0, 0.1) is 0 Å². The van der Waals surface area contributed by atoms with Crippen molar-refractivity contribution in [1.82, 2.24) is 25.2 Å². The average molecular weight is 371 g/mol. The number of nitrogens with one attached hydrogen (secondary N) is 3. The van der Waals surface area contributed by atoms with Crippen molar-refractivity contribution in [3.8, 4) is 0 Å². The van der Waals surface area contributed by atoms with Gasteiger partial charge in [-0.25, -0.2) is 9.97 Å². The lowest BCUT2D eigenvalue weighted by atomic mass is 9.89. The van der Waals surface area contributed by atoms with Gasteiger partial charge in [0.25, 0.3) is 0 Å². The Morgan fingerprint density at radius 2 is 1.93 bits per heavy atom. The number of rotatable bonds is 4. The van der Waals surface area contributed by atoms with Gasteiger partial charge in [0.2, 0.25) is 0 Å². The van der Waals surface area contributed by atoms with E-state index in [0.29, 0.717) is 12.0 Å². The van der Waals surface area contributed by atoms with Gasteiger partial charge in [0.1, 0.15) is 17.8 Å². The van der Waals surface area contributed by atoms with Crippen molar-refractivity contribution in [3.05, 3.63) is 18.1 Å². The van der Waals surface area contributed by atoms with Crippen LogP contribution in [-0.2, 0) is 4.74 Å². The molecule has 1 aliphatic carbocycles. The summed E-state index contributed by atoms with van der Waals surface area (Å²) in [6, 6.07) is 1.26. The van der Waals surface area contributed by atoms with Gasteiger partial charge in [-0.1, -0.05) is 0 Å². The molecule has 7 nitrogen and oxygen atoms in total. The van der Waals surface area contributed by atoms with Crippen molar-refractivity contribution >= 4 is 16.9 Å². The molecule has 0 aromatic carbocycles. The van der Waals surface area contributed by atoms with Crippen molar-refractivity contribution in [2.75, 3.05) is 44.7 Å². The second-order valence-electron chi connectivity index (χ2n) is 8.19. The molecule has 1 atom stereocenters. The quantitative estimate of drug-likeness (QED) is 0.765. The highest BCUT2D eigenvalue weighted by atomic mass is 16.5. The maximum Gasteiger partial charge on any atom is 0.143 e. The summed E-state index contributed by atoms with van der Waals surface area (Å²) in [6.45, 7) is 6.33. The predicted octanol–water partition coefficient (Wildman–Crippen LogP) is 2.09. The number of hydrogen-bond donors (Lipinski definition) is 3. The first-order chi connectivity index (χ1) is 13.4. The summed E-state index contributed by atoms with van der Waals surface area (Å²) in [4.78, 5) is 15.1. The van der Waals surface area contributed by atoms with Gasteiger partial charge in [-0.15, -0.1) is 0 Å². The molecule has 2 aromatic heterocycles. The topological polar surface area (TPSA) is 78.1 Å². The Hall–Kier alpha value is -1.70. The number of H-pyrrole nitrogens is 1. The van der Waals surface area contributed by atoms with E-state index in [-0.39, 0.29) is 0 Å². The zero-order valence-corrected chi connectivity index (χ0v) is 15.9. The van der Waals surface area contributed by atoms with E-state index < -0.39 is 0 Å². The lowest BCUT2D eigenvalue weighted by molar-refractivity contribution is 0.135. The summed E-state index contributed by atoms with van der Waals surface area (Å²) in [5, 5.41) is 8.38. The van der Waals surface area contributed by atoms with Crippen molar-refractivity contribution in [2.45, 2.75) is 50.1 Å². The van der Waals surface area contributed by atoms with Gasteiger partial charge in [-0.05, 0) is 37.7 Å². The van der Waals surface area contributed by atoms with Crippen LogP contribution in [0.1, 0.15) is 43.6 Å². The Labute approximate surface area is 160 Å². The van der Waals surface area contributed by atoms with Crippen LogP contribution in [0.25, 0.3) is 11.0 Å². The first-order valence-electron chi connectivity index (χ1n) is 10.5. The van der Waals surface area contributed by atoms with E-state index in [1.165, 1.54) is 44.3 Å². The zero-order valence-electron chi connectivity index (χ0n) is 15.9. The largest absolute Gasteiger partial charge is 0.381 e. The number of aromatic amines is 1. The summed E-state index contributed by atoms with van der Waals surface area (Å²) in [5.41, 5.74) is 2.24. The summed E-state index contributed by atoms with van der Waals surface area (Å²) in [5.74, 6) is 1.45. The lowest BCUT2D eigenvalue weighted by Crippen LogP contribution is -2.50. The standard InChI is InChI=1S/C20H30N6O/c1-3-16(26-8-6-21-7-9-26)4-2-15(1)25-20-18-17(14-5-10-27-12-14)11-22-19(18)23-13-24-20/h11,13-16,21H,1-10,12H2,(H2,22,23,24,25). The maximum atomic E-state index is 5.60. The fourth-order valence-electron chi connectivity index (χ4n) is 5.02. The normalized spacial score (nSPS) is 30.0. The predicted molar refractivity (Wildman–Crippen MR) is 106 cm³/mol. The molecule has 2 saturated heterocycles. The fraction of sp³-hybridized carbons (Fsp3) is 0.700. The molecular formula is C20H30N6O. The number of ether oxygens (including phenoxy) is 1. The third kappa shape index (κ3) is 3.56. The minimum absolute atomic E-state index is 0.453. The van der Waals surface area contributed by atoms with Crippen LogP contribution in [0.2, 0.25) is 0 Å². The van der Waals surface area contributed by atoms with Crippen molar-refractivity contribution in [1.29, 1.82) is 0 Å². The Morgan fingerprint density at radius 3 is 2.70 bits per heavy atom. The smallest absolute Gasteiger partial charge is 0.143 e. The summed E-state index contributed by atoms with van der Waals surface area (Å²) < 4.78 is 5.60. The molecular weight excluding hydrogens is 340 g/mol. The molecule has 0 radical (unpaired) electrons. The van der Waals surface area contributed by atoms with E-state index in [1.54, 1.807) is 6.33 Å². The molecule has 0 amide bonds. The molecule has 3 N–H and O–H groups in total. The van der Waals surface area contributed by atoms with E-state index in [4.69, 9.17) is 4.74 Å². The van der Waals surface area contributed by atoms with Crippen LogP contribution in [-0.4, -0.2) is 71.3 Å². The third-order valence-electron chi connectivity index (χ3n) is 6.58. The number of hydrogen-bond acceptors (Lipinski definition) is 6. The molecule has 5 rings (SSSR count). The minimum Gasteiger partial charge on any atom is -0.381 e. The van der Waals surface area contributed by atoms with Crippen LogP contribution >= 0.6 is 0 Å². The van der Waals surface area contributed by atoms with Crippen LogP contribution in [0.5, 0.6) is 0 Å². The van der Waals surface area contributed by atoms with E-state index in [0.717, 1.165) is 55.6 Å². The number of anilines is 1. The third-order valence-corrected chi connectivity index (χ3v) is 6.58. The van der Waals surface area contributed by atoms with Crippen LogP contribution in [0.4, 0.5) is 5.82 Å². The molecule has 27 heavy (non-hydrogen) atoms. The second-order valence-corrected chi connectivity index (χ2v) is 8.19. The van der Waals surface area contributed by atoms with Gasteiger partial charge < -0.3 is 20.4 Å². The highest BCUT2D eigenvalue weighted by molar-refractivity contribution is 5.91. The van der Waals surface area contributed by atoms with E-state index in [1.807, 2.05) is 0 Å². The second kappa shape index (κ2) is 7.73. The van der Waals surface area contributed by atoms with Crippen molar-refractivity contribution in [3.63, 3.8) is 0 Å². The zero-order chi connectivity index (χ0) is 18.1. The summed E-state index contributed by atoms with van der Waals surface area (Å²) in [6.07, 6.45) is 9.84. The molecule has 146 valence electrons. The van der Waals surface area contributed by atoms with Gasteiger partial charge in [0, 0.05) is 57.0 Å². The van der Waals surface area contributed by atoms with Gasteiger partial charge in [-0.3, -0.25) is 4.90 Å². The molecule has 3 aliphatic rings. The van der Waals surface area contributed by atoms with Gasteiger partial charge in [0.05, 0.1) is 12.0 Å². The van der Waals surface area contributed by atoms with Crippen LogP contribution in [0.15, 0.2) is 12.5 Å². The molecule has 0 spiro atoms. The highest BCUT2D eigenvalue weighted by Crippen LogP contribution is 2.35. The Bertz CT molecular complexity index is 757. The first-order valence-corrected chi connectivity index (χ1v) is 10.5. The molecule has 1 unspecified atom stereocenters. The van der Waals surface area contributed by atoms with Gasteiger partial charge >= 0.3 is 0 Å². The molecule has 7 heteroatoms. The minimum atomic E-state index is 0.453. The Kier molecular flexibility index (Phi) is 4.98. The van der Waals surface area contributed by atoms with Gasteiger partial charge in [-0.2, -0.15) is 0 Å². The van der Waals surface area contributed by atoms with E-state index >= 15 is 0 Å². The first kappa shape index (κ1) is 17.4. The summed E-state index contributed by atoms with van der Waals surface area (Å²) >= 11 is 0. The Morgan fingerprint density at radius 1 is 1.07 bits per heavy atom. The molecule has 1 saturated carbocycles. The number of fused-ring (bicyclic) bond motifs is 1. The number of nitrogens with zero attached hydrogens (tertiary/aromatic N) is 3. The SMILES string of the molecule is c1nc(NC2CCC(N3CCNCC3)CC2)c2c(C3CCOC3)c[nH]c2n1. The van der Waals surface area contributed by atoms with E-state index in [9.17, 15) is 0 Å². The molecule has 2 aliphatic heterocycles. The molecule has 4 heterocycles. The van der Waals surface area contributed by atoms with Crippen molar-refractivity contribution in [2.24, 2.45) is 0 Å². The van der Waals surface area contributed by atoms with Crippen molar-refractivity contribution < 1.29 is 4.74 Å². The molecule has 3 fully saturated rings. The number of piperazine rings is 1. The molecule has 0 bridgehead atoms. The molecule has 2 aromatic rings.